The summed E-state index contributed by atoms with van der Waals surface area (Å²) in [4.78, 5) is 0. The van der Waals surface area contributed by atoms with Crippen LogP contribution in [-0.4, -0.2) is 0 Å². The summed E-state index contributed by atoms with van der Waals surface area (Å²) >= 11 is 13.1. The molecule has 0 amide bonds. The number of halogens is 4. The van der Waals surface area contributed by atoms with Crippen LogP contribution in [0, 0.1) is 11.6 Å². The molecule has 0 fully saturated rings. The Morgan fingerprint density at radius 1 is 1.16 bits per heavy atom. The van der Waals surface area contributed by atoms with Gasteiger partial charge in [-0.25, -0.2) is 8.78 Å². The molecule has 0 aliphatic rings. The van der Waals surface area contributed by atoms with Gasteiger partial charge in [0, 0.05) is 11.6 Å². The maximum absolute atomic E-state index is 13.1. The van der Waals surface area contributed by atoms with E-state index in [0.29, 0.717) is 26.2 Å². The number of hydrogen-bond acceptors (Lipinski definition) is 3. The highest BCUT2D eigenvalue weighted by Crippen LogP contribution is 2.35. The quantitative estimate of drug-likeness (QED) is 0.657. The number of thiophene rings is 1. The van der Waals surface area contributed by atoms with Crippen molar-refractivity contribution in [2.24, 2.45) is 5.84 Å². The molecular formula is C12H10Cl2F2N2S. The molecule has 2 nitrogen and oxygen atoms in total. The minimum absolute atomic E-state index is 0.304. The average Bonchev–Trinajstić information content (AvgIpc) is 2.64. The molecule has 0 aliphatic heterocycles. The zero-order chi connectivity index (χ0) is 14.0. The number of hydrogen-bond donors (Lipinski definition) is 2. The van der Waals surface area contributed by atoms with E-state index in [1.807, 2.05) is 0 Å². The van der Waals surface area contributed by atoms with E-state index in [0.717, 1.165) is 6.07 Å². The van der Waals surface area contributed by atoms with Gasteiger partial charge in [-0.05, 0) is 30.2 Å². The van der Waals surface area contributed by atoms with Gasteiger partial charge in [0.05, 0.1) is 14.7 Å². The lowest BCUT2D eigenvalue weighted by Crippen LogP contribution is -2.29. The van der Waals surface area contributed by atoms with Crippen LogP contribution in [0.1, 0.15) is 17.2 Å². The fourth-order valence-electron chi connectivity index (χ4n) is 1.81. The summed E-state index contributed by atoms with van der Waals surface area (Å²) in [6.45, 7) is 0. The van der Waals surface area contributed by atoms with Crippen molar-refractivity contribution >= 4 is 34.5 Å². The molecule has 0 spiro atoms. The number of nitrogens with one attached hydrogen (secondary N) is 1. The van der Waals surface area contributed by atoms with Crippen molar-refractivity contribution in [2.75, 3.05) is 0 Å². The Morgan fingerprint density at radius 3 is 2.26 bits per heavy atom. The SMILES string of the molecule is NNC(Cc1cc(F)cc(F)c1)c1cc(Cl)sc1Cl. The fourth-order valence-corrected chi connectivity index (χ4v) is 3.39. The third kappa shape index (κ3) is 3.64. The molecule has 1 aromatic heterocycles. The van der Waals surface area contributed by atoms with Crippen molar-refractivity contribution in [3.63, 3.8) is 0 Å². The van der Waals surface area contributed by atoms with Gasteiger partial charge in [-0.1, -0.05) is 23.2 Å². The Bertz CT molecular complexity index is 569. The van der Waals surface area contributed by atoms with E-state index in [1.54, 1.807) is 6.07 Å². The van der Waals surface area contributed by atoms with Crippen LogP contribution in [0.4, 0.5) is 8.78 Å². The number of nitrogens with two attached hydrogens (primary N) is 1. The minimum Gasteiger partial charge on any atom is -0.271 e. The van der Waals surface area contributed by atoms with E-state index < -0.39 is 11.6 Å². The van der Waals surface area contributed by atoms with Gasteiger partial charge < -0.3 is 0 Å². The lowest BCUT2D eigenvalue weighted by atomic mass is 10.0. The van der Waals surface area contributed by atoms with Gasteiger partial charge >= 0.3 is 0 Å². The molecule has 7 heteroatoms. The summed E-state index contributed by atoms with van der Waals surface area (Å²) in [6.07, 6.45) is 0.304. The van der Waals surface area contributed by atoms with Crippen molar-refractivity contribution < 1.29 is 8.78 Å². The first-order valence-electron chi connectivity index (χ1n) is 5.35. The standard InChI is InChI=1S/C12H10Cl2F2N2S/c13-11-5-9(12(14)19-11)10(18-17)3-6-1-7(15)4-8(16)2-6/h1-2,4-5,10,18H,3,17H2. The van der Waals surface area contributed by atoms with Crippen molar-refractivity contribution in [2.45, 2.75) is 12.5 Å². The third-order valence-corrected chi connectivity index (χ3v) is 4.14. The average molecular weight is 323 g/mol. The van der Waals surface area contributed by atoms with E-state index >= 15 is 0 Å². The predicted molar refractivity (Wildman–Crippen MR) is 74.5 cm³/mol. The second-order valence-electron chi connectivity index (χ2n) is 3.98. The summed E-state index contributed by atoms with van der Waals surface area (Å²) < 4.78 is 27.3. The first kappa shape index (κ1) is 14.7. The van der Waals surface area contributed by atoms with Crippen LogP contribution in [-0.2, 0) is 6.42 Å². The maximum Gasteiger partial charge on any atom is 0.126 e. The van der Waals surface area contributed by atoms with Crippen LogP contribution in [0.3, 0.4) is 0 Å². The van der Waals surface area contributed by atoms with Crippen molar-refractivity contribution in [1.29, 1.82) is 0 Å². The first-order valence-corrected chi connectivity index (χ1v) is 6.92. The molecule has 0 radical (unpaired) electrons. The van der Waals surface area contributed by atoms with Gasteiger partial charge in [0.15, 0.2) is 0 Å². The molecule has 2 rings (SSSR count). The zero-order valence-electron chi connectivity index (χ0n) is 9.59. The summed E-state index contributed by atoms with van der Waals surface area (Å²) in [5.74, 6) is 4.22. The predicted octanol–water partition coefficient (Wildman–Crippen LogP) is 4.08. The van der Waals surface area contributed by atoms with E-state index in [9.17, 15) is 8.78 Å². The van der Waals surface area contributed by atoms with E-state index in [4.69, 9.17) is 29.0 Å². The van der Waals surface area contributed by atoms with Crippen molar-refractivity contribution in [1.82, 2.24) is 5.43 Å². The molecule has 1 atom stereocenters. The third-order valence-electron chi connectivity index (χ3n) is 2.62. The molecular weight excluding hydrogens is 313 g/mol. The molecule has 1 heterocycles. The van der Waals surface area contributed by atoms with Crippen LogP contribution in [0.2, 0.25) is 8.67 Å². The lowest BCUT2D eigenvalue weighted by molar-refractivity contribution is 0.541. The summed E-state index contributed by atoms with van der Waals surface area (Å²) in [5, 5.41) is 0. The molecule has 0 aliphatic carbocycles. The lowest BCUT2D eigenvalue weighted by Gasteiger charge is -2.15. The molecule has 1 unspecified atom stereocenters. The number of hydrazine groups is 1. The van der Waals surface area contributed by atoms with Crippen molar-refractivity contribution in [3.05, 3.63) is 55.7 Å². The second-order valence-corrected chi connectivity index (χ2v) is 6.27. The highest BCUT2D eigenvalue weighted by molar-refractivity contribution is 7.20. The van der Waals surface area contributed by atoms with Gasteiger partial charge in [-0.3, -0.25) is 11.3 Å². The second kappa shape index (κ2) is 6.15. The van der Waals surface area contributed by atoms with Gasteiger partial charge in [-0.15, -0.1) is 11.3 Å². The normalized spacial score (nSPS) is 12.7. The van der Waals surface area contributed by atoms with E-state index in [2.05, 4.69) is 5.43 Å². The van der Waals surface area contributed by atoms with Crippen LogP contribution >= 0.6 is 34.5 Å². The fraction of sp³-hybridized carbons (Fsp3) is 0.167. The molecule has 0 bridgehead atoms. The summed E-state index contributed by atoms with van der Waals surface area (Å²) in [7, 11) is 0. The Balaban J connectivity index is 2.26. The molecule has 19 heavy (non-hydrogen) atoms. The largest absolute Gasteiger partial charge is 0.271 e. The highest BCUT2D eigenvalue weighted by atomic mass is 35.5. The molecule has 2 aromatic rings. The molecule has 1 aromatic carbocycles. The van der Waals surface area contributed by atoms with E-state index in [1.165, 1.54) is 23.5 Å². The zero-order valence-corrected chi connectivity index (χ0v) is 11.9. The van der Waals surface area contributed by atoms with Gasteiger partial charge in [-0.2, -0.15) is 0 Å². The Morgan fingerprint density at radius 2 is 1.79 bits per heavy atom. The number of rotatable bonds is 4. The summed E-state index contributed by atoms with van der Waals surface area (Å²) in [6, 6.07) is 4.67. The molecule has 0 saturated carbocycles. The molecule has 3 N–H and O–H groups in total. The molecule has 0 saturated heterocycles. The Labute approximate surface area is 123 Å². The van der Waals surface area contributed by atoms with Gasteiger partial charge in [0.25, 0.3) is 0 Å². The Hall–Kier alpha value is -0.720. The first-order chi connectivity index (χ1) is 8.99. The van der Waals surface area contributed by atoms with E-state index in [-0.39, 0.29) is 6.04 Å². The van der Waals surface area contributed by atoms with Gasteiger partial charge in [0.2, 0.25) is 0 Å². The minimum atomic E-state index is -0.625. The number of benzene rings is 1. The monoisotopic (exact) mass is 322 g/mol. The van der Waals surface area contributed by atoms with Crippen LogP contribution in [0.5, 0.6) is 0 Å². The van der Waals surface area contributed by atoms with Gasteiger partial charge in [0.1, 0.15) is 11.6 Å². The topological polar surface area (TPSA) is 38.0 Å². The van der Waals surface area contributed by atoms with Crippen molar-refractivity contribution in [3.8, 4) is 0 Å². The van der Waals surface area contributed by atoms with Crippen LogP contribution < -0.4 is 11.3 Å². The Kier molecular flexibility index (Phi) is 4.76. The molecule has 102 valence electrons. The van der Waals surface area contributed by atoms with Crippen LogP contribution in [0.25, 0.3) is 0 Å². The smallest absolute Gasteiger partial charge is 0.126 e. The maximum atomic E-state index is 13.1. The summed E-state index contributed by atoms with van der Waals surface area (Å²) in [5.41, 5.74) is 3.78. The van der Waals surface area contributed by atoms with Crippen LogP contribution in [0.15, 0.2) is 24.3 Å². The highest BCUT2D eigenvalue weighted by Gasteiger charge is 2.17.